The van der Waals surface area contributed by atoms with Crippen LogP contribution in [-0.4, -0.2) is 21.3 Å². The molecule has 1 heterocycles. The molecule has 0 spiro atoms. The van der Waals surface area contributed by atoms with E-state index in [0.717, 1.165) is 0 Å². The van der Waals surface area contributed by atoms with Gasteiger partial charge >= 0.3 is 0 Å². The van der Waals surface area contributed by atoms with Crippen LogP contribution in [0.1, 0.15) is 5.69 Å². The molecule has 0 atom stereocenters. The summed E-state index contributed by atoms with van der Waals surface area (Å²) in [6.07, 6.45) is 2.62. The number of hydrazone groups is 1. The van der Waals surface area contributed by atoms with Crippen molar-refractivity contribution in [1.29, 1.82) is 0 Å². The highest BCUT2D eigenvalue weighted by Gasteiger charge is 1.89. The minimum Gasteiger partial charge on any atom is -0.375 e. The Morgan fingerprint density at radius 3 is 3.23 bits per heavy atom. The van der Waals surface area contributed by atoms with Gasteiger partial charge in [-0.15, -0.1) is 0 Å². The maximum atomic E-state index is 10.8. The van der Waals surface area contributed by atoms with Crippen LogP contribution in [0.5, 0.6) is 0 Å². The summed E-state index contributed by atoms with van der Waals surface area (Å²) in [5, 5.41) is 3.68. The first kappa shape index (κ1) is 9.33. The molecule has 0 unspecified atom stereocenters. The summed E-state index contributed by atoms with van der Waals surface area (Å²) in [4.78, 5) is 16.9. The highest BCUT2D eigenvalue weighted by atomic mass is 32.1. The number of thiocarbonyl (C=S) groups is 1. The summed E-state index contributed by atoms with van der Waals surface area (Å²) in [6.45, 7) is 0. The van der Waals surface area contributed by atoms with Crippen molar-refractivity contribution in [2.75, 3.05) is 0 Å². The van der Waals surface area contributed by atoms with Crippen molar-refractivity contribution in [3.05, 3.63) is 28.4 Å². The molecule has 0 radical (unpaired) electrons. The van der Waals surface area contributed by atoms with Gasteiger partial charge in [0.05, 0.1) is 18.2 Å². The van der Waals surface area contributed by atoms with E-state index in [2.05, 4.69) is 32.7 Å². The van der Waals surface area contributed by atoms with Gasteiger partial charge in [0.2, 0.25) is 0 Å². The molecule has 4 N–H and O–H groups in total. The molecule has 0 aliphatic carbocycles. The molecule has 0 aliphatic heterocycles. The van der Waals surface area contributed by atoms with Crippen LogP contribution in [0.2, 0.25) is 0 Å². The van der Waals surface area contributed by atoms with Crippen molar-refractivity contribution >= 4 is 23.5 Å². The van der Waals surface area contributed by atoms with Gasteiger partial charge in [-0.3, -0.25) is 10.2 Å². The second kappa shape index (κ2) is 4.31. The van der Waals surface area contributed by atoms with Crippen LogP contribution in [0.3, 0.4) is 0 Å². The third-order valence-electron chi connectivity index (χ3n) is 1.07. The number of H-pyrrole nitrogens is 1. The number of hydrogen-bond acceptors (Lipinski definition) is 4. The lowest BCUT2D eigenvalue weighted by atomic mass is 10.4. The maximum absolute atomic E-state index is 10.8. The topological polar surface area (TPSA) is 96.2 Å². The third kappa shape index (κ3) is 3.43. The molecule has 0 fully saturated rings. The fourth-order valence-corrected chi connectivity index (χ4v) is 0.669. The summed E-state index contributed by atoms with van der Waals surface area (Å²) in [6, 6.07) is 1.30. The molecule has 0 saturated heterocycles. The van der Waals surface area contributed by atoms with Gasteiger partial charge in [0, 0.05) is 6.07 Å². The molecule has 0 amide bonds. The molecule has 68 valence electrons. The molecule has 0 bridgehead atoms. The van der Waals surface area contributed by atoms with Gasteiger partial charge < -0.3 is 10.7 Å². The molecule has 7 heteroatoms. The SMILES string of the molecule is NC(=S)N/N=C/c1cc(=O)[nH]cn1. The second-order valence-electron chi connectivity index (χ2n) is 2.07. The lowest BCUT2D eigenvalue weighted by Crippen LogP contribution is -2.24. The van der Waals surface area contributed by atoms with E-state index in [4.69, 9.17) is 5.73 Å². The van der Waals surface area contributed by atoms with Gasteiger partial charge in [0.25, 0.3) is 5.56 Å². The average molecular weight is 197 g/mol. The first-order valence-corrected chi connectivity index (χ1v) is 3.72. The average Bonchev–Trinajstić information content (AvgIpc) is 2.03. The number of aromatic amines is 1. The highest BCUT2D eigenvalue weighted by molar-refractivity contribution is 7.80. The van der Waals surface area contributed by atoms with Crippen LogP contribution in [0.4, 0.5) is 0 Å². The summed E-state index contributed by atoms with van der Waals surface area (Å²) in [7, 11) is 0. The van der Waals surface area contributed by atoms with E-state index >= 15 is 0 Å². The van der Waals surface area contributed by atoms with Crippen molar-refractivity contribution in [2.24, 2.45) is 10.8 Å². The zero-order chi connectivity index (χ0) is 9.68. The van der Waals surface area contributed by atoms with E-state index in [1.165, 1.54) is 18.6 Å². The molecule has 1 aromatic heterocycles. The minimum absolute atomic E-state index is 0.0566. The fraction of sp³-hybridized carbons (Fsp3) is 0. The number of nitrogens with two attached hydrogens (primary N) is 1. The monoisotopic (exact) mass is 197 g/mol. The normalized spacial score (nSPS) is 10.2. The molecule has 0 aromatic carbocycles. The summed E-state index contributed by atoms with van der Waals surface area (Å²) in [5.74, 6) is 0. The Balaban J connectivity index is 2.69. The Bertz CT molecular complexity index is 385. The minimum atomic E-state index is -0.244. The van der Waals surface area contributed by atoms with Crippen molar-refractivity contribution in [3.63, 3.8) is 0 Å². The van der Waals surface area contributed by atoms with Crippen LogP contribution >= 0.6 is 12.2 Å². The summed E-state index contributed by atoms with van der Waals surface area (Å²) in [5.41, 5.74) is 7.62. The number of nitrogens with zero attached hydrogens (tertiary/aromatic N) is 2. The first-order chi connectivity index (χ1) is 6.18. The zero-order valence-electron chi connectivity index (χ0n) is 6.52. The van der Waals surface area contributed by atoms with Crippen LogP contribution < -0.4 is 16.7 Å². The summed E-state index contributed by atoms with van der Waals surface area (Å²) >= 11 is 4.50. The number of aromatic nitrogens is 2. The van der Waals surface area contributed by atoms with Gasteiger partial charge in [0.1, 0.15) is 0 Å². The van der Waals surface area contributed by atoms with E-state index in [9.17, 15) is 4.79 Å². The second-order valence-corrected chi connectivity index (χ2v) is 2.51. The molecule has 6 nitrogen and oxygen atoms in total. The van der Waals surface area contributed by atoms with Gasteiger partial charge in [0.15, 0.2) is 5.11 Å². The molecule has 0 aliphatic rings. The van der Waals surface area contributed by atoms with Crippen molar-refractivity contribution in [1.82, 2.24) is 15.4 Å². The lowest BCUT2D eigenvalue weighted by molar-refractivity contribution is 1.03. The summed E-state index contributed by atoms with van der Waals surface area (Å²) < 4.78 is 0. The van der Waals surface area contributed by atoms with E-state index in [-0.39, 0.29) is 10.7 Å². The van der Waals surface area contributed by atoms with Crippen molar-refractivity contribution in [3.8, 4) is 0 Å². The van der Waals surface area contributed by atoms with Crippen molar-refractivity contribution in [2.45, 2.75) is 0 Å². The van der Waals surface area contributed by atoms with E-state index in [1.54, 1.807) is 0 Å². The number of nitrogens with one attached hydrogen (secondary N) is 2. The van der Waals surface area contributed by atoms with Gasteiger partial charge in [-0.25, -0.2) is 4.98 Å². The van der Waals surface area contributed by atoms with E-state index < -0.39 is 0 Å². The predicted octanol–water partition coefficient (Wildman–Crippen LogP) is -1.06. The molecule has 1 rings (SSSR count). The Labute approximate surface area is 78.9 Å². The molecule has 1 aromatic rings. The largest absolute Gasteiger partial charge is 0.375 e. The Hall–Kier alpha value is -1.76. The molecular weight excluding hydrogens is 190 g/mol. The third-order valence-corrected chi connectivity index (χ3v) is 1.16. The highest BCUT2D eigenvalue weighted by Crippen LogP contribution is 1.79. The van der Waals surface area contributed by atoms with E-state index in [0.29, 0.717) is 5.69 Å². The lowest BCUT2D eigenvalue weighted by Gasteiger charge is -1.92. The molecule has 13 heavy (non-hydrogen) atoms. The van der Waals surface area contributed by atoms with Crippen LogP contribution in [0.25, 0.3) is 0 Å². The van der Waals surface area contributed by atoms with Crippen LogP contribution in [0.15, 0.2) is 22.3 Å². The first-order valence-electron chi connectivity index (χ1n) is 3.32. The Kier molecular flexibility index (Phi) is 3.09. The number of rotatable bonds is 2. The number of hydrogen-bond donors (Lipinski definition) is 3. The smallest absolute Gasteiger partial charge is 0.251 e. The van der Waals surface area contributed by atoms with Gasteiger partial charge in [-0.2, -0.15) is 5.10 Å². The molecule has 0 saturated carbocycles. The van der Waals surface area contributed by atoms with E-state index in [1.807, 2.05) is 0 Å². The fourth-order valence-electron chi connectivity index (χ4n) is 0.616. The van der Waals surface area contributed by atoms with Crippen LogP contribution in [0, 0.1) is 0 Å². The standard InChI is InChI=1S/C6H7N5OS/c7-6(13)11-10-2-4-1-5(12)9-3-8-4/h1-3H,(H3,7,11,13)(H,8,9,12)/b10-2+. The van der Waals surface area contributed by atoms with Gasteiger partial charge in [-0.1, -0.05) is 0 Å². The quantitative estimate of drug-likeness (QED) is 0.319. The van der Waals surface area contributed by atoms with Gasteiger partial charge in [-0.05, 0) is 12.2 Å². The Morgan fingerprint density at radius 2 is 2.62 bits per heavy atom. The van der Waals surface area contributed by atoms with Crippen LogP contribution in [-0.2, 0) is 0 Å². The molecular formula is C6H7N5OS. The van der Waals surface area contributed by atoms with Crippen molar-refractivity contribution < 1.29 is 0 Å². The maximum Gasteiger partial charge on any atom is 0.251 e. The zero-order valence-corrected chi connectivity index (χ0v) is 7.34. The predicted molar refractivity (Wildman–Crippen MR) is 52.4 cm³/mol. The Morgan fingerprint density at radius 1 is 1.85 bits per heavy atom.